The van der Waals surface area contributed by atoms with E-state index in [1.54, 1.807) is 6.07 Å². The molecule has 1 aromatic carbocycles. The van der Waals surface area contributed by atoms with Crippen molar-refractivity contribution < 1.29 is 13.9 Å². The van der Waals surface area contributed by atoms with Crippen LogP contribution in [0.15, 0.2) is 18.2 Å². The normalized spacial score (nSPS) is 10.9. The van der Waals surface area contributed by atoms with E-state index < -0.39 is 0 Å². The van der Waals surface area contributed by atoms with E-state index >= 15 is 0 Å². The van der Waals surface area contributed by atoms with Crippen LogP contribution in [0, 0.1) is 9.39 Å². The fourth-order valence-corrected chi connectivity index (χ4v) is 2.10. The number of anilines is 1. The van der Waals surface area contributed by atoms with Gasteiger partial charge in [-0.25, -0.2) is 4.39 Å². The van der Waals surface area contributed by atoms with Gasteiger partial charge < -0.3 is 14.8 Å². The van der Waals surface area contributed by atoms with Gasteiger partial charge >= 0.3 is 0 Å². The summed E-state index contributed by atoms with van der Waals surface area (Å²) in [7, 11) is 0. The Morgan fingerprint density at radius 2 is 1.94 bits per heavy atom. The molecule has 0 radical (unpaired) electrons. The third-order valence-electron chi connectivity index (χ3n) is 2.35. The molecule has 0 aliphatic carbocycles. The number of halogens is 2. The van der Waals surface area contributed by atoms with Gasteiger partial charge in [-0.1, -0.05) is 6.07 Å². The SMILES string of the molecule is CCOC(CCNc1cccc(F)c1I)OCC. The number of benzene rings is 1. The summed E-state index contributed by atoms with van der Waals surface area (Å²) in [5, 5.41) is 3.19. The summed E-state index contributed by atoms with van der Waals surface area (Å²) in [6, 6.07) is 5.01. The van der Waals surface area contributed by atoms with Gasteiger partial charge in [0.25, 0.3) is 0 Å². The van der Waals surface area contributed by atoms with Gasteiger partial charge in [-0.2, -0.15) is 0 Å². The summed E-state index contributed by atoms with van der Waals surface area (Å²) in [4.78, 5) is 0. The monoisotopic (exact) mass is 367 g/mol. The second-order valence-corrected chi connectivity index (χ2v) is 4.74. The lowest BCUT2D eigenvalue weighted by Crippen LogP contribution is -2.21. The molecule has 0 aliphatic heterocycles. The average molecular weight is 367 g/mol. The Bertz CT molecular complexity index is 357. The van der Waals surface area contributed by atoms with Crippen molar-refractivity contribution in [1.82, 2.24) is 0 Å². The fourth-order valence-electron chi connectivity index (χ4n) is 1.55. The molecule has 0 fully saturated rings. The number of hydrogen-bond acceptors (Lipinski definition) is 3. The van der Waals surface area contributed by atoms with E-state index in [0.29, 0.717) is 23.3 Å². The summed E-state index contributed by atoms with van der Waals surface area (Å²) < 4.78 is 24.8. The predicted octanol–water partition coefficient (Wildman–Crippen LogP) is 3.63. The lowest BCUT2D eigenvalue weighted by Gasteiger charge is -2.17. The molecule has 102 valence electrons. The molecule has 0 saturated carbocycles. The van der Waals surface area contributed by atoms with Crippen LogP contribution >= 0.6 is 22.6 Å². The predicted molar refractivity (Wildman–Crippen MR) is 79.3 cm³/mol. The van der Waals surface area contributed by atoms with Crippen molar-refractivity contribution in [2.45, 2.75) is 26.6 Å². The van der Waals surface area contributed by atoms with E-state index in [1.807, 2.05) is 42.5 Å². The molecule has 0 heterocycles. The van der Waals surface area contributed by atoms with Gasteiger partial charge in [-0.3, -0.25) is 0 Å². The van der Waals surface area contributed by atoms with Crippen LogP contribution in [0.4, 0.5) is 10.1 Å². The zero-order valence-electron chi connectivity index (χ0n) is 10.7. The Morgan fingerprint density at radius 1 is 1.28 bits per heavy atom. The van der Waals surface area contributed by atoms with E-state index in [9.17, 15) is 4.39 Å². The molecular formula is C13H19FINO2. The second kappa shape index (κ2) is 8.66. The third-order valence-corrected chi connectivity index (χ3v) is 3.45. The van der Waals surface area contributed by atoms with Crippen LogP contribution < -0.4 is 5.32 Å². The first kappa shape index (κ1) is 15.7. The van der Waals surface area contributed by atoms with Crippen molar-refractivity contribution >= 4 is 28.3 Å². The first-order valence-corrected chi connectivity index (χ1v) is 7.18. The summed E-state index contributed by atoms with van der Waals surface area (Å²) in [6.07, 6.45) is 0.535. The van der Waals surface area contributed by atoms with E-state index in [2.05, 4.69) is 5.32 Å². The maximum atomic E-state index is 13.3. The molecule has 1 N–H and O–H groups in total. The van der Waals surface area contributed by atoms with Gasteiger partial charge in [0.15, 0.2) is 6.29 Å². The number of ether oxygens (including phenoxy) is 2. The van der Waals surface area contributed by atoms with Crippen molar-refractivity contribution in [2.75, 3.05) is 25.1 Å². The van der Waals surface area contributed by atoms with Crippen molar-refractivity contribution in [3.05, 3.63) is 27.6 Å². The highest BCUT2D eigenvalue weighted by molar-refractivity contribution is 14.1. The minimum Gasteiger partial charge on any atom is -0.384 e. The molecule has 1 rings (SSSR count). The van der Waals surface area contributed by atoms with Crippen LogP contribution in [0.1, 0.15) is 20.3 Å². The third kappa shape index (κ3) is 5.07. The second-order valence-electron chi connectivity index (χ2n) is 3.66. The highest BCUT2D eigenvalue weighted by atomic mass is 127. The molecule has 0 unspecified atom stereocenters. The first-order chi connectivity index (χ1) is 8.69. The minimum atomic E-state index is -0.202. The maximum Gasteiger partial charge on any atom is 0.159 e. The van der Waals surface area contributed by atoms with Crippen molar-refractivity contribution in [3.63, 3.8) is 0 Å². The minimum absolute atomic E-state index is 0.196. The lowest BCUT2D eigenvalue weighted by molar-refractivity contribution is -0.137. The van der Waals surface area contributed by atoms with E-state index in [0.717, 1.165) is 12.1 Å². The molecule has 0 atom stereocenters. The zero-order chi connectivity index (χ0) is 13.4. The summed E-state index contributed by atoms with van der Waals surface area (Å²) in [5.74, 6) is -0.202. The quantitative estimate of drug-likeness (QED) is 0.562. The number of hydrogen-bond donors (Lipinski definition) is 1. The Morgan fingerprint density at radius 3 is 2.56 bits per heavy atom. The number of rotatable bonds is 8. The molecule has 1 aromatic rings. The van der Waals surface area contributed by atoms with Crippen molar-refractivity contribution in [1.29, 1.82) is 0 Å². The Hall–Kier alpha value is -0.400. The molecular weight excluding hydrogens is 348 g/mol. The van der Waals surface area contributed by atoms with Gasteiger partial charge in [0.2, 0.25) is 0 Å². The smallest absolute Gasteiger partial charge is 0.159 e. The lowest BCUT2D eigenvalue weighted by atomic mass is 10.3. The summed E-state index contributed by atoms with van der Waals surface area (Å²) in [6.45, 7) is 5.82. The molecule has 0 bridgehead atoms. The van der Waals surface area contributed by atoms with Gasteiger partial charge in [0, 0.05) is 26.2 Å². The molecule has 3 nitrogen and oxygen atoms in total. The van der Waals surface area contributed by atoms with Crippen molar-refractivity contribution in [2.24, 2.45) is 0 Å². The van der Waals surface area contributed by atoms with Crippen LogP contribution in [0.5, 0.6) is 0 Å². The van der Waals surface area contributed by atoms with Crippen LogP contribution in [-0.2, 0) is 9.47 Å². The Balaban J connectivity index is 2.42. The molecule has 0 saturated heterocycles. The van der Waals surface area contributed by atoms with E-state index in [4.69, 9.17) is 9.47 Å². The van der Waals surface area contributed by atoms with Gasteiger partial charge in [-0.15, -0.1) is 0 Å². The van der Waals surface area contributed by atoms with Crippen LogP contribution in [-0.4, -0.2) is 26.0 Å². The molecule has 5 heteroatoms. The highest BCUT2D eigenvalue weighted by Gasteiger charge is 2.08. The highest BCUT2D eigenvalue weighted by Crippen LogP contribution is 2.20. The van der Waals surface area contributed by atoms with E-state index in [-0.39, 0.29) is 12.1 Å². The molecule has 0 amide bonds. The largest absolute Gasteiger partial charge is 0.384 e. The zero-order valence-corrected chi connectivity index (χ0v) is 12.9. The fraction of sp³-hybridized carbons (Fsp3) is 0.538. The molecule has 0 aromatic heterocycles. The maximum absolute atomic E-state index is 13.3. The van der Waals surface area contributed by atoms with Crippen molar-refractivity contribution in [3.8, 4) is 0 Å². The van der Waals surface area contributed by atoms with Crippen LogP contribution in [0.3, 0.4) is 0 Å². The van der Waals surface area contributed by atoms with Crippen LogP contribution in [0.25, 0.3) is 0 Å². The van der Waals surface area contributed by atoms with Gasteiger partial charge in [-0.05, 0) is 48.6 Å². The average Bonchev–Trinajstić information content (AvgIpc) is 2.35. The molecule has 0 aliphatic rings. The first-order valence-electron chi connectivity index (χ1n) is 6.10. The Labute approximate surface area is 121 Å². The topological polar surface area (TPSA) is 30.5 Å². The number of nitrogens with one attached hydrogen (secondary N) is 1. The molecule has 18 heavy (non-hydrogen) atoms. The summed E-state index contributed by atoms with van der Waals surface area (Å²) >= 11 is 2.00. The Kier molecular flexibility index (Phi) is 7.53. The van der Waals surface area contributed by atoms with Gasteiger partial charge in [0.05, 0.1) is 9.26 Å². The van der Waals surface area contributed by atoms with Gasteiger partial charge in [0.1, 0.15) is 5.82 Å². The van der Waals surface area contributed by atoms with E-state index in [1.165, 1.54) is 6.07 Å². The standard InChI is InChI=1S/C13H19FINO2/c1-3-17-12(18-4-2)8-9-16-11-7-5-6-10(14)13(11)15/h5-7,12,16H,3-4,8-9H2,1-2H3. The molecule has 0 spiro atoms. The van der Waals surface area contributed by atoms with Crippen LogP contribution in [0.2, 0.25) is 0 Å². The summed E-state index contributed by atoms with van der Waals surface area (Å²) in [5.41, 5.74) is 0.808.